The van der Waals surface area contributed by atoms with Gasteiger partial charge in [-0.25, -0.2) is 4.68 Å². The SMILES string of the molecule is Cc1nn(-c2ccc(C(=O)NCCC(=O)NCc3ccncc3)cc2)c(C)c1Br. The maximum Gasteiger partial charge on any atom is 0.251 e. The molecule has 0 aliphatic rings. The molecule has 0 fully saturated rings. The van der Waals surface area contributed by atoms with Crippen molar-refractivity contribution in [3.63, 3.8) is 0 Å². The highest BCUT2D eigenvalue weighted by Gasteiger charge is 2.11. The highest BCUT2D eigenvalue weighted by Crippen LogP contribution is 2.23. The standard InChI is InChI=1S/C21H22BrN5O2/c1-14-20(22)15(2)27(26-14)18-5-3-17(4-6-18)21(29)24-12-9-19(28)25-13-16-7-10-23-11-8-16/h3-8,10-11H,9,12-13H2,1-2H3,(H,24,29)(H,25,28). The molecule has 3 rings (SSSR count). The average molecular weight is 456 g/mol. The quantitative estimate of drug-likeness (QED) is 0.572. The van der Waals surface area contributed by atoms with E-state index >= 15 is 0 Å². The van der Waals surface area contributed by atoms with E-state index in [1.807, 2.05) is 42.8 Å². The van der Waals surface area contributed by atoms with Crippen molar-refractivity contribution >= 4 is 27.7 Å². The zero-order valence-electron chi connectivity index (χ0n) is 16.3. The minimum absolute atomic E-state index is 0.118. The smallest absolute Gasteiger partial charge is 0.251 e. The maximum atomic E-state index is 12.3. The van der Waals surface area contributed by atoms with Crippen molar-refractivity contribution in [2.24, 2.45) is 0 Å². The van der Waals surface area contributed by atoms with Gasteiger partial charge in [-0.2, -0.15) is 5.10 Å². The first-order valence-electron chi connectivity index (χ1n) is 9.21. The number of halogens is 1. The van der Waals surface area contributed by atoms with Gasteiger partial charge in [0.1, 0.15) is 0 Å². The third-order valence-electron chi connectivity index (χ3n) is 4.45. The number of aromatic nitrogens is 3. The molecule has 0 bridgehead atoms. The van der Waals surface area contributed by atoms with Gasteiger partial charge in [0.2, 0.25) is 5.91 Å². The lowest BCUT2D eigenvalue weighted by Crippen LogP contribution is -2.30. The Morgan fingerprint density at radius 2 is 1.72 bits per heavy atom. The fourth-order valence-corrected chi connectivity index (χ4v) is 3.06. The third-order valence-corrected chi connectivity index (χ3v) is 5.60. The normalized spacial score (nSPS) is 10.6. The summed E-state index contributed by atoms with van der Waals surface area (Å²) in [5, 5.41) is 10.1. The first-order valence-corrected chi connectivity index (χ1v) is 10.0. The predicted octanol–water partition coefficient (Wildman–Crippen LogP) is 3.08. The van der Waals surface area contributed by atoms with Crippen molar-refractivity contribution in [3.05, 3.63) is 75.8 Å². The van der Waals surface area contributed by atoms with Crippen molar-refractivity contribution in [2.45, 2.75) is 26.8 Å². The van der Waals surface area contributed by atoms with Gasteiger partial charge in [-0.15, -0.1) is 0 Å². The summed E-state index contributed by atoms with van der Waals surface area (Å²) < 4.78 is 2.80. The number of rotatable bonds is 7. The van der Waals surface area contributed by atoms with Crippen LogP contribution >= 0.6 is 15.9 Å². The highest BCUT2D eigenvalue weighted by atomic mass is 79.9. The second-order valence-electron chi connectivity index (χ2n) is 6.58. The molecule has 2 N–H and O–H groups in total. The fourth-order valence-electron chi connectivity index (χ4n) is 2.81. The van der Waals surface area contributed by atoms with E-state index in [9.17, 15) is 9.59 Å². The van der Waals surface area contributed by atoms with Crippen LogP contribution in [-0.2, 0) is 11.3 Å². The van der Waals surface area contributed by atoms with Gasteiger partial charge in [-0.05, 0) is 71.7 Å². The molecule has 1 aromatic carbocycles. The molecule has 29 heavy (non-hydrogen) atoms. The summed E-state index contributed by atoms with van der Waals surface area (Å²) in [6.45, 7) is 4.62. The van der Waals surface area contributed by atoms with Gasteiger partial charge in [0.25, 0.3) is 5.91 Å². The highest BCUT2D eigenvalue weighted by molar-refractivity contribution is 9.10. The number of hydrogen-bond acceptors (Lipinski definition) is 4. The van der Waals surface area contributed by atoms with Crippen LogP contribution in [0.4, 0.5) is 0 Å². The molecule has 0 aliphatic carbocycles. The molecule has 150 valence electrons. The van der Waals surface area contributed by atoms with Crippen LogP contribution in [0.1, 0.15) is 33.7 Å². The number of nitrogens with one attached hydrogen (secondary N) is 2. The summed E-state index contributed by atoms with van der Waals surface area (Å²) >= 11 is 3.52. The maximum absolute atomic E-state index is 12.3. The van der Waals surface area contributed by atoms with Crippen LogP contribution in [0.5, 0.6) is 0 Å². The molecular weight excluding hydrogens is 434 g/mol. The number of hydrogen-bond donors (Lipinski definition) is 2. The Morgan fingerprint density at radius 3 is 2.34 bits per heavy atom. The van der Waals surface area contributed by atoms with Gasteiger partial charge in [0.15, 0.2) is 0 Å². The van der Waals surface area contributed by atoms with Gasteiger partial charge in [-0.3, -0.25) is 14.6 Å². The summed E-state index contributed by atoms with van der Waals surface area (Å²) in [5.74, 6) is -0.333. The van der Waals surface area contributed by atoms with Crippen molar-refractivity contribution in [2.75, 3.05) is 6.54 Å². The average Bonchev–Trinajstić information content (AvgIpc) is 3.00. The summed E-state index contributed by atoms with van der Waals surface area (Å²) in [7, 11) is 0. The van der Waals surface area contributed by atoms with E-state index in [0.717, 1.165) is 27.1 Å². The van der Waals surface area contributed by atoms with Crippen LogP contribution < -0.4 is 10.6 Å². The molecule has 0 aliphatic heterocycles. The Balaban J connectivity index is 1.48. The topological polar surface area (TPSA) is 88.9 Å². The van der Waals surface area contributed by atoms with Crippen molar-refractivity contribution < 1.29 is 9.59 Å². The van der Waals surface area contributed by atoms with Crippen molar-refractivity contribution in [1.82, 2.24) is 25.4 Å². The molecule has 0 atom stereocenters. The van der Waals surface area contributed by atoms with Gasteiger partial charge in [0, 0.05) is 37.5 Å². The van der Waals surface area contributed by atoms with E-state index < -0.39 is 0 Å². The van der Waals surface area contributed by atoms with Crippen LogP contribution in [0, 0.1) is 13.8 Å². The van der Waals surface area contributed by atoms with E-state index in [4.69, 9.17) is 0 Å². The predicted molar refractivity (Wildman–Crippen MR) is 114 cm³/mol. The number of benzene rings is 1. The lowest BCUT2D eigenvalue weighted by molar-refractivity contribution is -0.121. The molecule has 0 spiro atoms. The van der Waals surface area contributed by atoms with Crippen molar-refractivity contribution in [3.8, 4) is 5.69 Å². The zero-order valence-corrected chi connectivity index (χ0v) is 17.9. The number of nitrogens with zero attached hydrogens (tertiary/aromatic N) is 3. The van der Waals surface area contributed by atoms with E-state index in [2.05, 4.69) is 36.6 Å². The van der Waals surface area contributed by atoms with Gasteiger partial charge >= 0.3 is 0 Å². The van der Waals surface area contributed by atoms with Crippen LogP contribution in [0.3, 0.4) is 0 Å². The summed E-state index contributed by atoms with van der Waals surface area (Å²) in [6, 6.07) is 10.9. The summed E-state index contributed by atoms with van der Waals surface area (Å²) in [6.07, 6.45) is 3.58. The van der Waals surface area contributed by atoms with Crippen LogP contribution in [-0.4, -0.2) is 33.1 Å². The van der Waals surface area contributed by atoms with Gasteiger partial charge in [-0.1, -0.05) is 0 Å². The Morgan fingerprint density at radius 1 is 1.03 bits per heavy atom. The second-order valence-corrected chi connectivity index (χ2v) is 7.37. The molecule has 8 heteroatoms. The molecule has 0 saturated heterocycles. The monoisotopic (exact) mass is 455 g/mol. The Bertz CT molecular complexity index is 1000. The Labute approximate surface area is 177 Å². The third kappa shape index (κ3) is 5.29. The molecule has 0 radical (unpaired) electrons. The van der Waals surface area contributed by atoms with Crippen LogP contribution in [0.15, 0.2) is 53.3 Å². The lowest BCUT2D eigenvalue weighted by Gasteiger charge is -2.08. The summed E-state index contributed by atoms with van der Waals surface area (Å²) in [5.41, 5.74) is 4.30. The first-order chi connectivity index (χ1) is 14.0. The van der Waals surface area contributed by atoms with E-state index in [1.165, 1.54) is 0 Å². The molecule has 2 heterocycles. The molecule has 2 amide bonds. The fraction of sp³-hybridized carbons (Fsp3) is 0.238. The van der Waals surface area contributed by atoms with Gasteiger partial charge < -0.3 is 10.6 Å². The van der Waals surface area contributed by atoms with E-state index in [-0.39, 0.29) is 24.8 Å². The van der Waals surface area contributed by atoms with E-state index in [0.29, 0.717) is 12.1 Å². The Hall–Kier alpha value is -3.00. The number of carbonyl (C=O) groups is 2. The second kappa shape index (κ2) is 9.47. The largest absolute Gasteiger partial charge is 0.352 e. The van der Waals surface area contributed by atoms with E-state index in [1.54, 1.807) is 24.5 Å². The minimum atomic E-state index is -0.215. The van der Waals surface area contributed by atoms with Gasteiger partial charge in [0.05, 0.1) is 21.5 Å². The number of aryl methyl sites for hydroxylation is 1. The molecule has 0 unspecified atom stereocenters. The lowest BCUT2D eigenvalue weighted by atomic mass is 10.2. The first kappa shape index (κ1) is 20.7. The zero-order chi connectivity index (χ0) is 20.8. The number of carbonyl (C=O) groups excluding carboxylic acids is 2. The summed E-state index contributed by atoms with van der Waals surface area (Å²) in [4.78, 5) is 28.1. The molecule has 2 aromatic heterocycles. The Kier molecular flexibility index (Phi) is 6.77. The van der Waals surface area contributed by atoms with Crippen molar-refractivity contribution in [1.29, 1.82) is 0 Å². The molecule has 3 aromatic rings. The molecule has 0 saturated carbocycles. The van der Waals surface area contributed by atoms with Crippen LogP contribution in [0.25, 0.3) is 5.69 Å². The molecule has 7 nitrogen and oxygen atoms in total. The number of pyridine rings is 1. The minimum Gasteiger partial charge on any atom is -0.352 e. The number of amides is 2. The molecular formula is C21H22BrN5O2. The van der Waals surface area contributed by atoms with Crippen LogP contribution in [0.2, 0.25) is 0 Å².